The van der Waals surface area contributed by atoms with E-state index in [9.17, 15) is 0 Å². The van der Waals surface area contributed by atoms with Gasteiger partial charge in [-0.1, -0.05) is 0 Å². The van der Waals surface area contributed by atoms with Gasteiger partial charge in [0.05, 0.1) is 11.9 Å². The lowest BCUT2D eigenvalue weighted by Crippen LogP contribution is -1.88. The van der Waals surface area contributed by atoms with Gasteiger partial charge >= 0.3 is 0 Å². The second kappa shape index (κ2) is 3.36. The number of rotatable bonds is 2. The van der Waals surface area contributed by atoms with E-state index in [2.05, 4.69) is 20.3 Å². The van der Waals surface area contributed by atoms with E-state index in [4.69, 9.17) is 12.2 Å². The van der Waals surface area contributed by atoms with Crippen LogP contribution >= 0.6 is 12.2 Å². The molecule has 5 nitrogen and oxygen atoms in total. The Bertz CT molecular complexity index is 449. The molecule has 0 atom stereocenters. The Morgan fingerprint density at radius 2 is 2.54 bits per heavy atom. The van der Waals surface area contributed by atoms with Gasteiger partial charge in [-0.2, -0.15) is 14.9 Å². The average Bonchev–Trinajstić information content (AvgIpc) is 2.72. The summed E-state index contributed by atoms with van der Waals surface area (Å²) in [5.74, 6) is 0. The minimum absolute atomic E-state index is 0.475. The molecule has 66 valence electrons. The largest absolute Gasteiger partial charge is 0.360 e. The molecule has 0 unspecified atom stereocenters. The third kappa shape index (κ3) is 1.73. The molecule has 0 aliphatic heterocycles. The Balaban J connectivity index is 2.24. The minimum atomic E-state index is 0.475. The highest BCUT2D eigenvalue weighted by Crippen LogP contribution is 1.91. The molecule has 0 amide bonds. The van der Waals surface area contributed by atoms with E-state index in [1.165, 1.54) is 11.0 Å². The van der Waals surface area contributed by atoms with Gasteiger partial charge in [0.2, 0.25) is 4.77 Å². The topological polar surface area (TPSA) is 61.8 Å². The molecule has 0 spiro atoms. The maximum Gasteiger partial charge on any atom is 0.216 e. The van der Waals surface area contributed by atoms with E-state index in [-0.39, 0.29) is 0 Å². The van der Waals surface area contributed by atoms with E-state index in [0.29, 0.717) is 4.77 Å². The van der Waals surface area contributed by atoms with Crippen molar-refractivity contribution in [1.29, 1.82) is 0 Å². The van der Waals surface area contributed by atoms with Gasteiger partial charge in [0.25, 0.3) is 0 Å². The maximum absolute atomic E-state index is 4.90. The van der Waals surface area contributed by atoms with E-state index in [0.717, 1.165) is 5.69 Å². The quantitative estimate of drug-likeness (QED) is 0.555. The van der Waals surface area contributed by atoms with Gasteiger partial charge in [0.15, 0.2) is 0 Å². The number of hydrogen-bond acceptors (Lipinski definition) is 3. The molecule has 2 aromatic rings. The zero-order valence-corrected chi connectivity index (χ0v) is 7.45. The van der Waals surface area contributed by atoms with Crippen LogP contribution in [0, 0.1) is 4.77 Å². The molecule has 2 N–H and O–H groups in total. The summed E-state index contributed by atoms with van der Waals surface area (Å²) in [6.45, 7) is 0. The number of aromatic nitrogens is 4. The summed E-state index contributed by atoms with van der Waals surface area (Å²) >= 11 is 4.90. The molecule has 6 heteroatoms. The lowest BCUT2D eigenvalue weighted by molar-refractivity contribution is 0.862. The minimum Gasteiger partial charge on any atom is -0.360 e. The molecular formula is C7H7N5S. The zero-order chi connectivity index (χ0) is 9.10. The van der Waals surface area contributed by atoms with E-state index >= 15 is 0 Å². The van der Waals surface area contributed by atoms with Crippen LogP contribution in [0.4, 0.5) is 0 Å². The number of hydrogen-bond donors (Lipinski definition) is 2. The van der Waals surface area contributed by atoms with Crippen LogP contribution in [0.3, 0.4) is 0 Å². The fourth-order valence-electron chi connectivity index (χ4n) is 0.874. The van der Waals surface area contributed by atoms with Gasteiger partial charge < -0.3 is 4.98 Å². The average molecular weight is 193 g/mol. The van der Waals surface area contributed by atoms with Crippen LogP contribution in [0.2, 0.25) is 0 Å². The van der Waals surface area contributed by atoms with Crippen molar-refractivity contribution in [3.8, 4) is 0 Å². The predicted octanol–water partition coefficient (Wildman–Crippen LogP) is 1.15. The standard InChI is InChI=1S/C7H7N5S/c13-7-11-9-5-12(7)10-4-6-2-1-3-8-6/h1-5,8H,(H,11,13). The lowest BCUT2D eigenvalue weighted by atomic mass is 10.5. The molecule has 2 aromatic heterocycles. The van der Waals surface area contributed by atoms with E-state index in [1.54, 1.807) is 6.21 Å². The number of nitrogens with one attached hydrogen (secondary N) is 2. The first kappa shape index (κ1) is 7.93. The van der Waals surface area contributed by atoms with Crippen molar-refractivity contribution in [3.63, 3.8) is 0 Å². The normalized spacial score (nSPS) is 11.1. The van der Waals surface area contributed by atoms with Crippen molar-refractivity contribution in [2.24, 2.45) is 5.10 Å². The fraction of sp³-hybridized carbons (Fsp3) is 0. The molecule has 0 aliphatic rings. The molecule has 2 rings (SSSR count). The maximum atomic E-state index is 4.90. The monoisotopic (exact) mass is 193 g/mol. The van der Waals surface area contributed by atoms with E-state index < -0.39 is 0 Å². The summed E-state index contributed by atoms with van der Waals surface area (Å²) in [5.41, 5.74) is 0.920. The summed E-state index contributed by atoms with van der Waals surface area (Å²) in [6, 6.07) is 3.81. The predicted molar refractivity (Wildman–Crippen MR) is 51.2 cm³/mol. The van der Waals surface area contributed by atoms with Crippen molar-refractivity contribution in [1.82, 2.24) is 19.9 Å². The van der Waals surface area contributed by atoms with Crippen LogP contribution < -0.4 is 0 Å². The summed E-state index contributed by atoms with van der Waals surface area (Å²) in [7, 11) is 0. The molecule has 0 fully saturated rings. The number of H-pyrrole nitrogens is 2. The summed E-state index contributed by atoms with van der Waals surface area (Å²) in [4.78, 5) is 2.99. The Morgan fingerprint density at radius 1 is 1.62 bits per heavy atom. The Kier molecular flexibility index (Phi) is 2.05. The van der Waals surface area contributed by atoms with Crippen LogP contribution in [-0.4, -0.2) is 26.1 Å². The van der Waals surface area contributed by atoms with Crippen molar-refractivity contribution in [2.75, 3.05) is 0 Å². The van der Waals surface area contributed by atoms with Crippen LogP contribution in [-0.2, 0) is 0 Å². The molecule has 0 saturated carbocycles. The first-order chi connectivity index (χ1) is 6.36. The van der Waals surface area contributed by atoms with Gasteiger partial charge in [-0.05, 0) is 24.4 Å². The highest BCUT2D eigenvalue weighted by molar-refractivity contribution is 7.71. The smallest absolute Gasteiger partial charge is 0.216 e. The molecule has 0 radical (unpaired) electrons. The van der Waals surface area contributed by atoms with Crippen molar-refractivity contribution in [3.05, 3.63) is 35.1 Å². The Morgan fingerprint density at radius 3 is 3.15 bits per heavy atom. The van der Waals surface area contributed by atoms with Gasteiger partial charge in [0.1, 0.15) is 6.33 Å². The molecule has 0 aliphatic carbocycles. The molecule has 13 heavy (non-hydrogen) atoms. The van der Waals surface area contributed by atoms with Crippen molar-refractivity contribution < 1.29 is 0 Å². The Labute approximate surface area is 79.1 Å². The van der Waals surface area contributed by atoms with Crippen molar-refractivity contribution >= 4 is 18.4 Å². The second-order valence-electron chi connectivity index (χ2n) is 2.38. The SMILES string of the molecule is S=c1[nH]ncn1N=Cc1ccc[nH]1. The third-order valence-electron chi connectivity index (χ3n) is 1.48. The molecule has 0 bridgehead atoms. The molecule has 0 saturated heterocycles. The van der Waals surface area contributed by atoms with Crippen LogP contribution in [0.25, 0.3) is 0 Å². The third-order valence-corrected chi connectivity index (χ3v) is 1.76. The van der Waals surface area contributed by atoms with Crippen molar-refractivity contribution in [2.45, 2.75) is 0 Å². The van der Waals surface area contributed by atoms with Gasteiger partial charge in [0, 0.05) is 6.20 Å². The van der Waals surface area contributed by atoms with Crippen LogP contribution in [0.15, 0.2) is 29.8 Å². The lowest BCUT2D eigenvalue weighted by Gasteiger charge is -1.87. The molecular weight excluding hydrogens is 186 g/mol. The summed E-state index contributed by atoms with van der Waals surface area (Å²) in [5, 5.41) is 10.4. The number of aromatic amines is 2. The van der Waals surface area contributed by atoms with Gasteiger partial charge in [-0.25, -0.2) is 0 Å². The van der Waals surface area contributed by atoms with Gasteiger partial charge in [-0.3, -0.25) is 5.10 Å². The highest BCUT2D eigenvalue weighted by atomic mass is 32.1. The number of nitrogens with zero attached hydrogens (tertiary/aromatic N) is 3. The molecule has 0 aromatic carbocycles. The first-order valence-electron chi connectivity index (χ1n) is 3.66. The van der Waals surface area contributed by atoms with Gasteiger partial charge in [-0.15, -0.1) is 0 Å². The summed E-state index contributed by atoms with van der Waals surface area (Å²) in [6.07, 6.45) is 5.02. The zero-order valence-electron chi connectivity index (χ0n) is 6.64. The van der Waals surface area contributed by atoms with Crippen LogP contribution in [0.1, 0.15) is 5.69 Å². The fourth-order valence-corrected chi connectivity index (χ4v) is 1.02. The van der Waals surface area contributed by atoms with Crippen LogP contribution in [0.5, 0.6) is 0 Å². The first-order valence-corrected chi connectivity index (χ1v) is 4.07. The Hall–Kier alpha value is -1.69. The van der Waals surface area contributed by atoms with E-state index in [1.807, 2.05) is 18.3 Å². The summed E-state index contributed by atoms with van der Waals surface area (Å²) < 4.78 is 1.96. The highest BCUT2D eigenvalue weighted by Gasteiger charge is 1.88. The molecule has 2 heterocycles. The second-order valence-corrected chi connectivity index (χ2v) is 2.76.